The van der Waals surface area contributed by atoms with Gasteiger partial charge in [-0.2, -0.15) is 0 Å². The predicted molar refractivity (Wildman–Crippen MR) is 96.0 cm³/mol. The summed E-state index contributed by atoms with van der Waals surface area (Å²) in [6.07, 6.45) is 6.68. The van der Waals surface area contributed by atoms with Crippen molar-refractivity contribution in [3.05, 3.63) is 0 Å². The van der Waals surface area contributed by atoms with E-state index in [0.717, 1.165) is 32.3 Å². The maximum absolute atomic E-state index is 12.6. The van der Waals surface area contributed by atoms with E-state index in [9.17, 15) is 9.59 Å². The van der Waals surface area contributed by atoms with Gasteiger partial charge in [-0.15, -0.1) is 12.4 Å². The Hall–Kier alpha value is -0.850. The molecule has 3 N–H and O–H groups in total. The van der Waals surface area contributed by atoms with Gasteiger partial charge in [0.1, 0.15) is 0 Å². The van der Waals surface area contributed by atoms with Crippen LogP contribution < -0.4 is 11.1 Å². The van der Waals surface area contributed by atoms with Gasteiger partial charge in [-0.05, 0) is 31.6 Å². The van der Waals surface area contributed by atoms with Crippen molar-refractivity contribution < 1.29 is 14.3 Å². The number of hydrogen-bond acceptors (Lipinski definition) is 4. The van der Waals surface area contributed by atoms with Gasteiger partial charge in [-0.25, -0.2) is 0 Å². The van der Waals surface area contributed by atoms with Crippen molar-refractivity contribution in [1.29, 1.82) is 0 Å². The second-order valence-electron chi connectivity index (χ2n) is 7.11. The largest absolute Gasteiger partial charge is 0.376 e. The molecule has 2 amide bonds. The van der Waals surface area contributed by atoms with Crippen molar-refractivity contribution >= 4 is 24.2 Å². The molecular weight excluding hydrogens is 330 g/mol. The number of halogens is 1. The number of hydrogen-bond donors (Lipinski definition) is 2. The summed E-state index contributed by atoms with van der Waals surface area (Å²) >= 11 is 0. The minimum absolute atomic E-state index is 0. The van der Waals surface area contributed by atoms with Gasteiger partial charge in [-0.1, -0.05) is 26.7 Å². The molecule has 2 rings (SSSR count). The number of nitrogens with one attached hydrogen (secondary N) is 1. The Morgan fingerprint density at radius 2 is 1.88 bits per heavy atom. The molecule has 0 bridgehead atoms. The highest BCUT2D eigenvalue weighted by Gasteiger charge is 2.30. The fourth-order valence-corrected chi connectivity index (χ4v) is 3.36. The van der Waals surface area contributed by atoms with E-state index in [4.69, 9.17) is 10.5 Å². The molecule has 0 aromatic heterocycles. The molecule has 1 aliphatic heterocycles. The van der Waals surface area contributed by atoms with E-state index in [1.165, 1.54) is 12.8 Å². The third kappa shape index (κ3) is 5.90. The number of nitrogens with two attached hydrogens (primary N) is 1. The minimum atomic E-state index is -0.569. The van der Waals surface area contributed by atoms with Gasteiger partial charge in [0.15, 0.2) is 0 Å². The van der Waals surface area contributed by atoms with Crippen LogP contribution in [-0.4, -0.2) is 54.6 Å². The van der Waals surface area contributed by atoms with Crippen LogP contribution in [0.3, 0.4) is 0 Å². The van der Waals surface area contributed by atoms with E-state index in [1.807, 2.05) is 18.7 Å². The van der Waals surface area contributed by atoms with Crippen molar-refractivity contribution in [3.63, 3.8) is 0 Å². The average Bonchev–Trinajstić information content (AvgIpc) is 3.21. The Kier molecular flexibility index (Phi) is 9.02. The van der Waals surface area contributed by atoms with Crippen LogP contribution in [0.1, 0.15) is 52.4 Å². The fourth-order valence-electron chi connectivity index (χ4n) is 3.36. The predicted octanol–water partition coefficient (Wildman–Crippen LogP) is 1.46. The van der Waals surface area contributed by atoms with Crippen LogP contribution in [0.5, 0.6) is 0 Å². The van der Waals surface area contributed by atoms with E-state index in [1.54, 1.807) is 0 Å². The third-order valence-corrected chi connectivity index (χ3v) is 4.94. The zero-order valence-electron chi connectivity index (χ0n) is 14.8. The van der Waals surface area contributed by atoms with Gasteiger partial charge in [0.25, 0.3) is 0 Å². The maximum Gasteiger partial charge on any atom is 0.242 e. The number of rotatable bonds is 7. The van der Waals surface area contributed by atoms with Crippen LogP contribution in [0, 0.1) is 5.92 Å². The van der Waals surface area contributed by atoms with Gasteiger partial charge in [-0.3, -0.25) is 9.59 Å². The lowest BCUT2D eigenvalue weighted by atomic mass is 10.1. The topological polar surface area (TPSA) is 84.7 Å². The standard InChI is InChI=1S/C17H31N3O3.ClH/c1-12(2)16(18)17(22)19-10-15(21)20(13-6-3-4-7-13)11-14-8-5-9-23-14;/h12-14,16H,3-11,18H2,1-2H3,(H,19,22);1H/t14?,16-;/m0./s1. The number of ether oxygens (including phenoxy) is 1. The van der Waals surface area contributed by atoms with Crippen molar-refractivity contribution in [2.75, 3.05) is 19.7 Å². The summed E-state index contributed by atoms with van der Waals surface area (Å²) in [6.45, 7) is 5.26. The summed E-state index contributed by atoms with van der Waals surface area (Å²) in [6, 6.07) is -0.275. The zero-order chi connectivity index (χ0) is 16.8. The lowest BCUT2D eigenvalue weighted by Crippen LogP contribution is -2.51. The van der Waals surface area contributed by atoms with Crippen molar-refractivity contribution in [3.8, 4) is 0 Å². The Morgan fingerprint density at radius 1 is 1.21 bits per heavy atom. The Balaban J connectivity index is 0.00000288. The fraction of sp³-hybridized carbons (Fsp3) is 0.882. The SMILES string of the molecule is CC(C)[C@H](N)C(=O)NCC(=O)N(CC1CCCO1)C1CCCC1.Cl. The van der Waals surface area contributed by atoms with Crippen LogP contribution >= 0.6 is 12.4 Å². The minimum Gasteiger partial charge on any atom is -0.376 e. The first-order valence-electron chi connectivity index (χ1n) is 8.93. The summed E-state index contributed by atoms with van der Waals surface area (Å²) in [4.78, 5) is 26.5. The van der Waals surface area contributed by atoms with Gasteiger partial charge in [0.05, 0.1) is 18.7 Å². The summed E-state index contributed by atoms with van der Waals surface area (Å²) < 4.78 is 5.69. The highest BCUT2D eigenvalue weighted by atomic mass is 35.5. The van der Waals surface area contributed by atoms with Crippen LogP contribution in [-0.2, 0) is 14.3 Å². The van der Waals surface area contributed by atoms with Crippen molar-refractivity contribution in [2.45, 2.75) is 70.6 Å². The van der Waals surface area contributed by atoms with Crippen molar-refractivity contribution in [2.24, 2.45) is 11.7 Å². The highest BCUT2D eigenvalue weighted by Crippen LogP contribution is 2.25. The highest BCUT2D eigenvalue weighted by molar-refractivity contribution is 5.87. The molecule has 0 radical (unpaired) electrons. The second kappa shape index (κ2) is 10.2. The smallest absolute Gasteiger partial charge is 0.242 e. The van der Waals surface area contributed by atoms with E-state index >= 15 is 0 Å². The Labute approximate surface area is 151 Å². The molecule has 0 aromatic rings. The van der Waals surface area contributed by atoms with Crippen LogP contribution in [0.4, 0.5) is 0 Å². The zero-order valence-corrected chi connectivity index (χ0v) is 15.6. The van der Waals surface area contributed by atoms with E-state index < -0.39 is 6.04 Å². The maximum atomic E-state index is 12.6. The molecule has 1 saturated heterocycles. The molecule has 0 aromatic carbocycles. The van der Waals surface area contributed by atoms with Crippen LogP contribution in [0.25, 0.3) is 0 Å². The van der Waals surface area contributed by atoms with E-state index in [-0.39, 0.29) is 42.8 Å². The van der Waals surface area contributed by atoms with Crippen LogP contribution in [0.2, 0.25) is 0 Å². The van der Waals surface area contributed by atoms with E-state index in [0.29, 0.717) is 12.6 Å². The first-order chi connectivity index (χ1) is 11.0. The molecule has 1 heterocycles. The Morgan fingerprint density at radius 3 is 2.42 bits per heavy atom. The molecule has 2 aliphatic rings. The molecule has 24 heavy (non-hydrogen) atoms. The number of nitrogens with zero attached hydrogens (tertiary/aromatic N) is 1. The number of carbonyl (C=O) groups is 2. The summed E-state index contributed by atoms with van der Waals surface area (Å²) in [5, 5.41) is 2.70. The number of carbonyl (C=O) groups excluding carboxylic acids is 2. The number of amides is 2. The third-order valence-electron chi connectivity index (χ3n) is 4.94. The molecule has 6 nitrogen and oxygen atoms in total. The average molecular weight is 362 g/mol. The molecule has 2 atom stereocenters. The Bertz CT molecular complexity index is 408. The molecular formula is C17H32ClN3O3. The lowest BCUT2D eigenvalue weighted by molar-refractivity contribution is -0.136. The molecule has 0 spiro atoms. The van der Waals surface area contributed by atoms with Crippen LogP contribution in [0.15, 0.2) is 0 Å². The summed E-state index contributed by atoms with van der Waals surface area (Å²) in [7, 11) is 0. The van der Waals surface area contributed by atoms with Crippen molar-refractivity contribution in [1.82, 2.24) is 10.2 Å². The summed E-state index contributed by atoms with van der Waals surface area (Å²) in [5.41, 5.74) is 5.82. The first-order valence-corrected chi connectivity index (χ1v) is 8.93. The quantitative estimate of drug-likeness (QED) is 0.719. The monoisotopic (exact) mass is 361 g/mol. The van der Waals surface area contributed by atoms with Gasteiger partial charge in [0.2, 0.25) is 11.8 Å². The molecule has 1 saturated carbocycles. The second-order valence-corrected chi connectivity index (χ2v) is 7.11. The normalized spacial score (nSPS) is 22.2. The summed E-state index contributed by atoms with van der Waals surface area (Å²) in [5.74, 6) is -0.212. The van der Waals surface area contributed by atoms with Gasteiger partial charge >= 0.3 is 0 Å². The molecule has 140 valence electrons. The first kappa shape index (κ1) is 21.2. The molecule has 1 aliphatic carbocycles. The van der Waals surface area contributed by atoms with E-state index in [2.05, 4.69) is 5.32 Å². The molecule has 2 fully saturated rings. The van der Waals surface area contributed by atoms with Gasteiger partial charge in [0, 0.05) is 19.2 Å². The molecule has 7 heteroatoms. The molecule has 1 unspecified atom stereocenters. The van der Waals surface area contributed by atoms with Gasteiger partial charge < -0.3 is 20.7 Å². The lowest BCUT2D eigenvalue weighted by Gasteiger charge is -2.31.